The second kappa shape index (κ2) is 8.41. The first-order valence-electron chi connectivity index (χ1n) is 10.8. The van der Waals surface area contributed by atoms with E-state index < -0.39 is 0 Å². The van der Waals surface area contributed by atoms with Gasteiger partial charge in [0.1, 0.15) is 10.7 Å². The van der Waals surface area contributed by atoms with Gasteiger partial charge in [0.2, 0.25) is 0 Å². The number of benzene rings is 1. The number of hydrogen-bond acceptors (Lipinski definition) is 4. The second-order valence-electron chi connectivity index (χ2n) is 8.99. The van der Waals surface area contributed by atoms with Gasteiger partial charge >= 0.3 is 0 Å². The number of aryl methyl sites for hydroxylation is 2. The molecule has 0 fully saturated rings. The van der Waals surface area contributed by atoms with E-state index in [2.05, 4.69) is 62.3 Å². The Morgan fingerprint density at radius 2 is 1.90 bits per heavy atom. The SMILES string of the molecule is CC(C)Cc1ccc([C@@H](NCc2nc3sc4c(c3c(=O)[nH]2)CCC4)C(C)C)cc1. The summed E-state index contributed by atoms with van der Waals surface area (Å²) in [7, 11) is 0. The van der Waals surface area contributed by atoms with Crippen molar-refractivity contribution in [3.05, 3.63) is 62.0 Å². The number of nitrogens with zero attached hydrogens (tertiary/aromatic N) is 1. The van der Waals surface area contributed by atoms with E-state index in [0.717, 1.165) is 41.7 Å². The fourth-order valence-electron chi connectivity index (χ4n) is 4.41. The van der Waals surface area contributed by atoms with Gasteiger partial charge in [-0.05, 0) is 54.2 Å². The molecule has 0 spiro atoms. The highest BCUT2D eigenvalue weighted by atomic mass is 32.1. The lowest BCUT2D eigenvalue weighted by molar-refractivity contribution is 0.406. The van der Waals surface area contributed by atoms with E-state index >= 15 is 0 Å². The lowest BCUT2D eigenvalue weighted by Gasteiger charge is -2.23. The summed E-state index contributed by atoms with van der Waals surface area (Å²) in [6.07, 6.45) is 4.37. The van der Waals surface area contributed by atoms with E-state index in [1.807, 2.05) is 0 Å². The number of hydrogen-bond donors (Lipinski definition) is 2. The summed E-state index contributed by atoms with van der Waals surface area (Å²) in [6.45, 7) is 9.51. The van der Waals surface area contributed by atoms with Gasteiger partial charge in [-0.3, -0.25) is 4.79 Å². The van der Waals surface area contributed by atoms with Crippen LogP contribution < -0.4 is 10.9 Å². The Morgan fingerprint density at radius 3 is 2.59 bits per heavy atom. The van der Waals surface area contributed by atoms with Gasteiger partial charge < -0.3 is 10.3 Å². The van der Waals surface area contributed by atoms with Crippen LogP contribution in [0.1, 0.15) is 67.5 Å². The molecular formula is C24H31N3OS. The first kappa shape index (κ1) is 20.3. The van der Waals surface area contributed by atoms with Crippen molar-refractivity contribution >= 4 is 21.6 Å². The summed E-state index contributed by atoms with van der Waals surface area (Å²) in [5.74, 6) is 1.83. The molecule has 1 aliphatic rings. The van der Waals surface area contributed by atoms with E-state index in [1.165, 1.54) is 21.6 Å². The van der Waals surface area contributed by atoms with Crippen molar-refractivity contribution in [2.24, 2.45) is 11.8 Å². The van der Waals surface area contributed by atoms with Crippen LogP contribution in [0.15, 0.2) is 29.1 Å². The molecule has 1 atom stereocenters. The van der Waals surface area contributed by atoms with Crippen molar-refractivity contribution in [2.45, 2.75) is 66.0 Å². The minimum absolute atomic E-state index is 0.0188. The van der Waals surface area contributed by atoms with Crippen LogP contribution in [0.4, 0.5) is 0 Å². The van der Waals surface area contributed by atoms with Gasteiger partial charge in [-0.2, -0.15) is 0 Å². The van der Waals surface area contributed by atoms with Gasteiger partial charge in [0.25, 0.3) is 5.56 Å². The molecule has 0 saturated carbocycles. The van der Waals surface area contributed by atoms with Crippen molar-refractivity contribution in [3.63, 3.8) is 0 Å². The van der Waals surface area contributed by atoms with Gasteiger partial charge in [-0.15, -0.1) is 11.3 Å². The predicted molar refractivity (Wildman–Crippen MR) is 122 cm³/mol. The van der Waals surface area contributed by atoms with Crippen molar-refractivity contribution in [3.8, 4) is 0 Å². The minimum Gasteiger partial charge on any atom is -0.309 e. The Hall–Kier alpha value is -1.98. The van der Waals surface area contributed by atoms with Crippen LogP contribution in [-0.4, -0.2) is 9.97 Å². The largest absolute Gasteiger partial charge is 0.309 e. The minimum atomic E-state index is 0.0188. The topological polar surface area (TPSA) is 57.8 Å². The van der Waals surface area contributed by atoms with Crippen LogP contribution in [0, 0.1) is 11.8 Å². The Morgan fingerprint density at radius 1 is 1.14 bits per heavy atom. The molecule has 2 aromatic heterocycles. The van der Waals surface area contributed by atoms with Gasteiger partial charge in [-0.25, -0.2) is 4.98 Å². The van der Waals surface area contributed by atoms with Crippen LogP contribution in [-0.2, 0) is 25.8 Å². The van der Waals surface area contributed by atoms with E-state index in [4.69, 9.17) is 4.98 Å². The highest BCUT2D eigenvalue weighted by molar-refractivity contribution is 7.18. The molecular weight excluding hydrogens is 378 g/mol. The summed E-state index contributed by atoms with van der Waals surface area (Å²) in [5, 5.41) is 4.45. The molecule has 5 heteroatoms. The molecule has 1 aromatic carbocycles. The van der Waals surface area contributed by atoms with E-state index in [9.17, 15) is 4.79 Å². The fourth-order valence-corrected chi connectivity index (χ4v) is 5.69. The Labute approximate surface area is 176 Å². The zero-order valence-electron chi connectivity index (χ0n) is 17.8. The van der Waals surface area contributed by atoms with E-state index in [1.54, 1.807) is 11.3 Å². The predicted octanol–water partition coefficient (Wildman–Crippen LogP) is 5.16. The van der Waals surface area contributed by atoms with Gasteiger partial charge in [-0.1, -0.05) is 52.0 Å². The van der Waals surface area contributed by atoms with Gasteiger partial charge in [0.05, 0.1) is 11.9 Å². The summed E-state index contributed by atoms with van der Waals surface area (Å²) in [4.78, 5) is 22.7. The zero-order valence-corrected chi connectivity index (χ0v) is 18.7. The molecule has 154 valence electrons. The molecule has 0 aliphatic heterocycles. The Balaban J connectivity index is 1.52. The maximum Gasteiger partial charge on any atom is 0.259 e. The monoisotopic (exact) mass is 409 g/mol. The van der Waals surface area contributed by atoms with Crippen molar-refractivity contribution in [1.29, 1.82) is 0 Å². The number of nitrogens with one attached hydrogen (secondary N) is 2. The van der Waals surface area contributed by atoms with Crippen molar-refractivity contribution in [1.82, 2.24) is 15.3 Å². The molecule has 1 aliphatic carbocycles. The molecule has 29 heavy (non-hydrogen) atoms. The first-order chi connectivity index (χ1) is 13.9. The number of H-pyrrole nitrogens is 1. The van der Waals surface area contributed by atoms with Gasteiger partial charge in [0.15, 0.2) is 0 Å². The van der Waals surface area contributed by atoms with Crippen LogP contribution in [0.2, 0.25) is 0 Å². The first-order valence-corrected chi connectivity index (χ1v) is 11.6. The lowest BCUT2D eigenvalue weighted by atomic mass is 9.94. The molecule has 3 aromatic rings. The van der Waals surface area contributed by atoms with E-state index in [0.29, 0.717) is 18.4 Å². The summed E-state index contributed by atoms with van der Waals surface area (Å²) in [6, 6.07) is 9.17. The Bertz CT molecular complexity index is 1050. The highest BCUT2D eigenvalue weighted by Crippen LogP contribution is 2.34. The molecule has 4 rings (SSSR count). The van der Waals surface area contributed by atoms with Crippen LogP contribution in [0.25, 0.3) is 10.2 Å². The number of aromatic nitrogens is 2. The van der Waals surface area contributed by atoms with E-state index in [-0.39, 0.29) is 11.6 Å². The zero-order chi connectivity index (χ0) is 20.5. The third-order valence-corrected chi connectivity index (χ3v) is 6.95. The number of fused-ring (bicyclic) bond motifs is 3. The smallest absolute Gasteiger partial charge is 0.259 e. The summed E-state index contributed by atoms with van der Waals surface area (Å²) >= 11 is 1.70. The number of rotatable bonds is 7. The van der Waals surface area contributed by atoms with Crippen LogP contribution >= 0.6 is 11.3 Å². The average Bonchev–Trinajstić information content (AvgIpc) is 3.23. The molecule has 4 nitrogen and oxygen atoms in total. The average molecular weight is 410 g/mol. The summed E-state index contributed by atoms with van der Waals surface area (Å²) < 4.78 is 0. The van der Waals surface area contributed by atoms with Gasteiger partial charge in [0, 0.05) is 10.9 Å². The maximum atomic E-state index is 12.7. The van der Waals surface area contributed by atoms with Crippen LogP contribution in [0.5, 0.6) is 0 Å². The molecule has 0 bridgehead atoms. The second-order valence-corrected chi connectivity index (χ2v) is 10.1. The molecule has 0 saturated heterocycles. The van der Waals surface area contributed by atoms with Crippen molar-refractivity contribution in [2.75, 3.05) is 0 Å². The van der Waals surface area contributed by atoms with Crippen molar-refractivity contribution < 1.29 is 0 Å². The standard InChI is InChI=1S/C24H31N3OS/c1-14(2)12-16-8-10-17(11-9-16)22(15(3)4)25-13-20-26-23(28)21-18-6-5-7-19(18)29-24(21)27-20/h8-11,14-15,22,25H,5-7,12-13H2,1-4H3,(H,26,27,28)/t22-/m0/s1. The number of thiophene rings is 1. The third kappa shape index (κ3) is 4.31. The lowest BCUT2D eigenvalue weighted by Crippen LogP contribution is -2.27. The number of aromatic amines is 1. The highest BCUT2D eigenvalue weighted by Gasteiger charge is 2.21. The summed E-state index contributed by atoms with van der Waals surface area (Å²) in [5.41, 5.74) is 3.92. The molecule has 2 N–H and O–H groups in total. The maximum absolute atomic E-state index is 12.7. The quantitative estimate of drug-likeness (QED) is 0.567. The molecule has 2 heterocycles. The third-order valence-electron chi connectivity index (χ3n) is 5.76. The molecule has 0 amide bonds. The normalized spacial score (nSPS) is 14.8. The molecule has 0 radical (unpaired) electrons. The Kier molecular flexibility index (Phi) is 5.88. The molecule has 0 unspecified atom stereocenters. The fraction of sp³-hybridized carbons (Fsp3) is 0.500. The van der Waals surface area contributed by atoms with Crippen LogP contribution in [0.3, 0.4) is 0 Å².